The summed E-state index contributed by atoms with van der Waals surface area (Å²) >= 11 is 5.89. The number of carbonyl (C=O) groups excluding carboxylic acids is 1. The molecule has 0 heterocycles. The van der Waals surface area contributed by atoms with Crippen LogP contribution in [0.2, 0.25) is 5.02 Å². The molecule has 21 heavy (non-hydrogen) atoms. The summed E-state index contributed by atoms with van der Waals surface area (Å²) in [6.07, 6.45) is 0.813. The lowest BCUT2D eigenvalue weighted by molar-refractivity contribution is 0.252. The molecule has 2 amide bonds. The van der Waals surface area contributed by atoms with Crippen molar-refractivity contribution in [1.82, 2.24) is 5.32 Å². The number of urea groups is 1. The highest BCUT2D eigenvalue weighted by Crippen LogP contribution is 2.19. The van der Waals surface area contributed by atoms with Gasteiger partial charge in [0.15, 0.2) is 0 Å². The maximum Gasteiger partial charge on any atom is 0.319 e. The van der Waals surface area contributed by atoms with E-state index in [9.17, 15) is 4.79 Å². The average Bonchev–Trinajstić information content (AvgIpc) is 2.44. The van der Waals surface area contributed by atoms with Crippen LogP contribution in [-0.4, -0.2) is 12.6 Å². The third-order valence-electron chi connectivity index (χ3n) is 3.26. The highest BCUT2D eigenvalue weighted by atomic mass is 35.5. The standard InChI is InChI=1S/C17H19ClN2O/c1-12-3-5-14(6-4-12)9-10-19-17(21)20-16-8-7-15(18)11-13(16)2/h3-8,11H,9-10H2,1-2H3,(H2,19,20,21). The fraction of sp³-hybridized carbons (Fsp3) is 0.235. The molecule has 0 aliphatic heterocycles. The molecule has 0 unspecified atom stereocenters. The fourth-order valence-corrected chi connectivity index (χ4v) is 2.24. The van der Waals surface area contributed by atoms with Crippen molar-refractivity contribution in [2.24, 2.45) is 0 Å². The van der Waals surface area contributed by atoms with E-state index in [1.807, 2.05) is 13.0 Å². The van der Waals surface area contributed by atoms with E-state index in [4.69, 9.17) is 11.6 Å². The molecular formula is C17H19ClN2O. The van der Waals surface area contributed by atoms with Crippen molar-refractivity contribution in [3.63, 3.8) is 0 Å². The van der Waals surface area contributed by atoms with Crippen LogP contribution < -0.4 is 10.6 Å². The van der Waals surface area contributed by atoms with E-state index in [0.717, 1.165) is 17.7 Å². The number of carbonyl (C=O) groups is 1. The van der Waals surface area contributed by atoms with Gasteiger partial charge in [0, 0.05) is 17.3 Å². The average molecular weight is 303 g/mol. The molecule has 0 atom stereocenters. The van der Waals surface area contributed by atoms with Crippen molar-refractivity contribution < 1.29 is 4.79 Å². The van der Waals surface area contributed by atoms with Gasteiger partial charge in [-0.1, -0.05) is 41.4 Å². The minimum absolute atomic E-state index is 0.201. The fourth-order valence-electron chi connectivity index (χ4n) is 2.01. The van der Waals surface area contributed by atoms with Crippen LogP contribution in [0.3, 0.4) is 0 Å². The second-order valence-electron chi connectivity index (χ2n) is 5.08. The SMILES string of the molecule is Cc1ccc(CCNC(=O)Nc2ccc(Cl)cc2C)cc1. The first-order valence-corrected chi connectivity index (χ1v) is 7.29. The lowest BCUT2D eigenvalue weighted by atomic mass is 10.1. The monoisotopic (exact) mass is 302 g/mol. The van der Waals surface area contributed by atoms with Gasteiger partial charge in [-0.05, 0) is 49.6 Å². The number of aryl methyl sites for hydroxylation is 2. The Balaban J connectivity index is 1.81. The lowest BCUT2D eigenvalue weighted by Gasteiger charge is -2.10. The van der Waals surface area contributed by atoms with E-state index in [1.165, 1.54) is 11.1 Å². The molecule has 0 bridgehead atoms. The molecule has 0 saturated carbocycles. The third kappa shape index (κ3) is 4.80. The summed E-state index contributed by atoms with van der Waals surface area (Å²) in [4.78, 5) is 11.8. The molecule has 0 aromatic heterocycles. The van der Waals surface area contributed by atoms with Crippen molar-refractivity contribution in [2.75, 3.05) is 11.9 Å². The van der Waals surface area contributed by atoms with Crippen LogP contribution in [0.25, 0.3) is 0 Å². The van der Waals surface area contributed by atoms with Crippen molar-refractivity contribution in [3.05, 3.63) is 64.2 Å². The first kappa shape index (κ1) is 15.4. The van der Waals surface area contributed by atoms with Crippen molar-refractivity contribution in [3.8, 4) is 0 Å². The molecule has 0 aliphatic rings. The van der Waals surface area contributed by atoms with Crippen LogP contribution in [0.5, 0.6) is 0 Å². The first-order chi connectivity index (χ1) is 10.0. The number of hydrogen-bond donors (Lipinski definition) is 2. The minimum atomic E-state index is -0.201. The maximum atomic E-state index is 11.8. The van der Waals surface area contributed by atoms with E-state index in [-0.39, 0.29) is 6.03 Å². The molecule has 3 nitrogen and oxygen atoms in total. The summed E-state index contributed by atoms with van der Waals surface area (Å²) in [5.41, 5.74) is 4.16. The normalized spacial score (nSPS) is 10.2. The first-order valence-electron chi connectivity index (χ1n) is 6.91. The largest absolute Gasteiger partial charge is 0.338 e. The third-order valence-corrected chi connectivity index (χ3v) is 3.49. The number of benzene rings is 2. The molecule has 2 aromatic rings. The molecule has 0 fully saturated rings. The van der Waals surface area contributed by atoms with Gasteiger partial charge in [-0.2, -0.15) is 0 Å². The summed E-state index contributed by atoms with van der Waals surface area (Å²) in [7, 11) is 0. The summed E-state index contributed by atoms with van der Waals surface area (Å²) in [5.74, 6) is 0. The van der Waals surface area contributed by atoms with E-state index in [2.05, 4.69) is 41.8 Å². The Kier molecular flexibility index (Phi) is 5.23. The Morgan fingerprint density at radius 3 is 2.48 bits per heavy atom. The van der Waals surface area contributed by atoms with Gasteiger partial charge in [0.05, 0.1) is 0 Å². The molecular weight excluding hydrogens is 284 g/mol. The van der Waals surface area contributed by atoms with Gasteiger partial charge in [-0.15, -0.1) is 0 Å². The Morgan fingerprint density at radius 2 is 1.81 bits per heavy atom. The second-order valence-corrected chi connectivity index (χ2v) is 5.51. The van der Waals surface area contributed by atoms with Gasteiger partial charge in [0.25, 0.3) is 0 Å². The highest BCUT2D eigenvalue weighted by molar-refractivity contribution is 6.30. The van der Waals surface area contributed by atoms with Crippen LogP contribution in [0.1, 0.15) is 16.7 Å². The van der Waals surface area contributed by atoms with Gasteiger partial charge in [0.2, 0.25) is 0 Å². The molecule has 0 aliphatic carbocycles. The highest BCUT2D eigenvalue weighted by Gasteiger charge is 2.04. The Hall–Kier alpha value is -2.00. The van der Waals surface area contributed by atoms with Gasteiger partial charge < -0.3 is 10.6 Å². The molecule has 2 N–H and O–H groups in total. The van der Waals surface area contributed by atoms with Gasteiger partial charge in [-0.3, -0.25) is 0 Å². The summed E-state index contributed by atoms with van der Waals surface area (Å²) in [5, 5.41) is 6.34. The molecule has 110 valence electrons. The van der Waals surface area contributed by atoms with E-state index >= 15 is 0 Å². The van der Waals surface area contributed by atoms with Crippen LogP contribution >= 0.6 is 11.6 Å². The Morgan fingerprint density at radius 1 is 1.10 bits per heavy atom. The van der Waals surface area contributed by atoms with E-state index < -0.39 is 0 Å². The zero-order valence-corrected chi connectivity index (χ0v) is 13.0. The van der Waals surface area contributed by atoms with Crippen LogP contribution in [0.15, 0.2) is 42.5 Å². The smallest absolute Gasteiger partial charge is 0.319 e. The van der Waals surface area contributed by atoms with Gasteiger partial charge in [0.1, 0.15) is 0 Å². The van der Waals surface area contributed by atoms with E-state index in [1.54, 1.807) is 12.1 Å². The predicted octanol–water partition coefficient (Wildman–Crippen LogP) is 4.32. The van der Waals surface area contributed by atoms with Crippen molar-refractivity contribution in [1.29, 1.82) is 0 Å². The summed E-state index contributed by atoms with van der Waals surface area (Å²) in [6.45, 7) is 4.57. The predicted molar refractivity (Wildman–Crippen MR) is 88.1 cm³/mol. The zero-order valence-electron chi connectivity index (χ0n) is 12.2. The Labute approximate surface area is 130 Å². The number of amides is 2. The number of halogens is 1. The zero-order chi connectivity index (χ0) is 15.2. The summed E-state index contributed by atoms with van der Waals surface area (Å²) < 4.78 is 0. The summed E-state index contributed by atoms with van der Waals surface area (Å²) in [6, 6.07) is 13.5. The van der Waals surface area contributed by atoms with Gasteiger partial charge >= 0.3 is 6.03 Å². The number of hydrogen-bond acceptors (Lipinski definition) is 1. The lowest BCUT2D eigenvalue weighted by Crippen LogP contribution is -2.30. The number of rotatable bonds is 4. The minimum Gasteiger partial charge on any atom is -0.338 e. The number of anilines is 1. The molecule has 2 rings (SSSR count). The maximum absolute atomic E-state index is 11.8. The second kappa shape index (κ2) is 7.14. The van der Waals surface area contributed by atoms with Crippen LogP contribution in [-0.2, 0) is 6.42 Å². The molecule has 0 saturated heterocycles. The van der Waals surface area contributed by atoms with Crippen molar-refractivity contribution >= 4 is 23.3 Å². The molecule has 0 radical (unpaired) electrons. The number of nitrogens with one attached hydrogen (secondary N) is 2. The quantitative estimate of drug-likeness (QED) is 0.867. The van der Waals surface area contributed by atoms with Crippen LogP contribution in [0, 0.1) is 13.8 Å². The molecule has 4 heteroatoms. The molecule has 0 spiro atoms. The topological polar surface area (TPSA) is 41.1 Å². The van der Waals surface area contributed by atoms with Crippen molar-refractivity contribution in [2.45, 2.75) is 20.3 Å². The Bertz CT molecular complexity index is 623. The molecule has 2 aromatic carbocycles. The van der Waals surface area contributed by atoms with E-state index in [0.29, 0.717) is 11.6 Å². The van der Waals surface area contributed by atoms with Gasteiger partial charge in [-0.25, -0.2) is 4.79 Å². The van der Waals surface area contributed by atoms with Crippen LogP contribution in [0.4, 0.5) is 10.5 Å².